The summed E-state index contributed by atoms with van der Waals surface area (Å²) in [4.78, 5) is 41.9. The second-order valence-corrected chi connectivity index (χ2v) is 17.9. The average molecular weight is 718 g/mol. The Hall–Kier alpha value is -2.09. The van der Waals surface area contributed by atoms with E-state index in [4.69, 9.17) is 18.9 Å². The molecule has 0 unspecified atom stereocenters. The molecule has 3 aliphatic heterocycles. The number of carbonyl (C=O) groups is 3. The first-order chi connectivity index (χ1) is 23.8. The lowest BCUT2D eigenvalue weighted by atomic mass is 9.49. The molecule has 0 aromatic rings. The molecule has 51 heavy (non-hydrogen) atoms. The number of aliphatic hydroxyl groups is 4. The lowest BCUT2D eigenvalue weighted by molar-refractivity contribution is -0.300. The van der Waals surface area contributed by atoms with Gasteiger partial charge in [0.05, 0.1) is 29.1 Å². The number of rotatable bonds is 6. The fraction of sp³-hybridized carbons (Fsp3) is 0.872. The highest BCUT2D eigenvalue weighted by Crippen LogP contribution is 2.77. The summed E-state index contributed by atoms with van der Waals surface area (Å²) < 4.78 is 25.3. The van der Waals surface area contributed by atoms with Gasteiger partial charge in [0.25, 0.3) is 0 Å². The van der Waals surface area contributed by atoms with E-state index in [1.165, 1.54) is 6.92 Å². The first-order valence-corrected chi connectivity index (χ1v) is 19.3. The van der Waals surface area contributed by atoms with Crippen LogP contribution in [0.2, 0.25) is 0 Å². The maximum Gasteiger partial charge on any atom is 0.333 e. The van der Waals surface area contributed by atoms with Crippen molar-refractivity contribution in [2.45, 2.75) is 153 Å². The molecule has 3 heterocycles. The van der Waals surface area contributed by atoms with Crippen LogP contribution in [0.1, 0.15) is 100 Å². The smallest absolute Gasteiger partial charge is 0.333 e. The average Bonchev–Trinajstić information content (AvgIpc) is 3.33. The van der Waals surface area contributed by atoms with Crippen LogP contribution in [0, 0.1) is 46.8 Å². The number of hydrogen-bond donors (Lipinski definition) is 4. The Labute approximate surface area is 301 Å². The minimum Gasteiger partial charge on any atom is -0.462 e. The summed E-state index contributed by atoms with van der Waals surface area (Å²) in [6, 6.07) is -0.224. The van der Waals surface area contributed by atoms with Crippen LogP contribution in [0.5, 0.6) is 0 Å². The summed E-state index contributed by atoms with van der Waals surface area (Å²) in [5.41, 5.74) is -5.06. The van der Waals surface area contributed by atoms with E-state index in [1.54, 1.807) is 33.8 Å². The van der Waals surface area contributed by atoms with Crippen molar-refractivity contribution in [3.63, 3.8) is 0 Å². The minimum atomic E-state index is -1.97. The first kappa shape index (κ1) is 37.2. The Kier molecular flexibility index (Phi) is 8.92. The van der Waals surface area contributed by atoms with Crippen molar-refractivity contribution in [1.29, 1.82) is 0 Å². The Balaban J connectivity index is 1.40. The molecule has 0 radical (unpaired) electrons. The lowest BCUT2D eigenvalue weighted by Crippen LogP contribution is -2.77. The quantitative estimate of drug-likeness (QED) is 0.180. The number of piperidine rings is 2. The molecule has 3 saturated heterocycles. The van der Waals surface area contributed by atoms with Crippen molar-refractivity contribution < 1.29 is 53.8 Å². The van der Waals surface area contributed by atoms with Gasteiger partial charge in [0.1, 0.15) is 11.7 Å². The van der Waals surface area contributed by atoms with Gasteiger partial charge in [0.2, 0.25) is 5.79 Å². The second-order valence-electron chi connectivity index (χ2n) is 17.9. The number of fused-ring (bicyclic) bond motifs is 5. The van der Waals surface area contributed by atoms with Crippen molar-refractivity contribution in [2.24, 2.45) is 46.8 Å². The van der Waals surface area contributed by atoms with E-state index in [0.717, 1.165) is 19.4 Å². The summed E-state index contributed by atoms with van der Waals surface area (Å²) in [7, 11) is 0. The zero-order valence-corrected chi connectivity index (χ0v) is 31.5. The van der Waals surface area contributed by atoms with E-state index in [-0.39, 0.29) is 18.9 Å². The molecule has 286 valence electrons. The zero-order chi connectivity index (χ0) is 37.2. The van der Waals surface area contributed by atoms with Crippen molar-refractivity contribution in [1.82, 2.24) is 4.90 Å². The van der Waals surface area contributed by atoms with Gasteiger partial charge >= 0.3 is 17.9 Å². The molecule has 4 aliphatic carbocycles. The van der Waals surface area contributed by atoms with E-state index in [1.807, 2.05) is 13.8 Å². The SMILES string of the molecule is C/C=C(/C)C(=O)O[C@H]1CC[C@@]2(C)[C@@H]3C[C@@H](OC(C)=O)[C@H]4[C@@]5(O)[C@@H](C[C@@]42O[C@@]13O)[C@@H]1CN2C[C@@H](C)CC[C@H]2[C@@](C)(O)[C@H]1[C@@H](O)[C@@H]5OC(=O)[C@H](C)CC. The number of carbonyl (C=O) groups excluding carboxylic acids is 3. The van der Waals surface area contributed by atoms with E-state index in [9.17, 15) is 34.8 Å². The predicted molar refractivity (Wildman–Crippen MR) is 182 cm³/mol. The summed E-state index contributed by atoms with van der Waals surface area (Å²) in [5, 5.41) is 51.3. The van der Waals surface area contributed by atoms with Crippen LogP contribution in [0.3, 0.4) is 0 Å². The van der Waals surface area contributed by atoms with Gasteiger partial charge in [-0.2, -0.15) is 0 Å². The molecule has 4 N–H and O–H groups in total. The third kappa shape index (κ3) is 4.94. The van der Waals surface area contributed by atoms with Crippen LogP contribution >= 0.6 is 0 Å². The lowest BCUT2D eigenvalue weighted by Gasteiger charge is -2.64. The topological polar surface area (TPSA) is 172 Å². The number of aliphatic hydroxyl groups excluding tert-OH is 1. The molecule has 7 rings (SSSR count). The van der Waals surface area contributed by atoms with E-state index < -0.39 is 106 Å². The van der Waals surface area contributed by atoms with Crippen LogP contribution in [0.4, 0.5) is 0 Å². The minimum absolute atomic E-state index is 0.102. The predicted octanol–water partition coefficient (Wildman–Crippen LogP) is 2.87. The van der Waals surface area contributed by atoms with Crippen molar-refractivity contribution >= 4 is 17.9 Å². The van der Waals surface area contributed by atoms with Gasteiger partial charge in [-0.05, 0) is 83.5 Å². The van der Waals surface area contributed by atoms with Gasteiger partial charge in [0.15, 0.2) is 12.2 Å². The molecule has 12 nitrogen and oxygen atoms in total. The molecular formula is C39H59NO11. The zero-order valence-electron chi connectivity index (χ0n) is 31.5. The van der Waals surface area contributed by atoms with Crippen LogP contribution in [-0.2, 0) is 33.3 Å². The molecule has 7 fully saturated rings. The number of ether oxygens (including phenoxy) is 4. The number of allylic oxidation sites excluding steroid dienone is 1. The van der Waals surface area contributed by atoms with Crippen LogP contribution < -0.4 is 0 Å². The molecule has 17 atom stereocenters. The van der Waals surface area contributed by atoms with Gasteiger partial charge in [0, 0.05) is 48.9 Å². The summed E-state index contributed by atoms with van der Waals surface area (Å²) in [6.07, 6.45) is -0.00676. The van der Waals surface area contributed by atoms with Crippen LogP contribution in [-0.4, -0.2) is 109 Å². The van der Waals surface area contributed by atoms with Gasteiger partial charge in [-0.3, -0.25) is 14.5 Å². The van der Waals surface area contributed by atoms with Gasteiger partial charge < -0.3 is 39.4 Å². The number of hydrogen-bond acceptors (Lipinski definition) is 12. The molecule has 0 aromatic heterocycles. The molecule has 7 aliphatic rings. The molecule has 0 amide bonds. The molecule has 1 spiro atoms. The highest BCUT2D eigenvalue weighted by atomic mass is 16.7. The Bertz CT molecular complexity index is 1480. The third-order valence-corrected chi connectivity index (χ3v) is 15.3. The Morgan fingerprint density at radius 3 is 2.39 bits per heavy atom. The van der Waals surface area contributed by atoms with Crippen molar-refractivity contribution in [2.75, 3.05) is 13.1 Å². The number of esters is 3. The number of nitrogens with zero attached hydrogens (tertiary/aromatic N) is 1. The third-order valence-electron chi connectivity index (χ3n) is 15.3. The Morgan fingerprint density at radius 1 is 1.04 bits per heavy atom. The van der Waals surface area contributed by atoms with Crippen molar-refractivity contribution in [3.05, 3.63) is 11.6 Å². The molecule has 12 heteroatoms. The first-order valence-electron chi connectivity index (χ1n) is 19.3. The molecule has 4 bridgehead atoms. The summed E-state index contributed by atoms with van der Waals surface area (Å²) in [6.45, 7) is 15.5. The maximum atomic E-state index is 13.7. The van der Waals surface area contributed by atoms with E-state index in [0.29, 0.717) is 37.3 Å². The standard InChI is InChI=1S/C39H59NO11/c1-9-20(4)33(43)49-28-13-14-35(7)26-15-25(48-22(6)41)31-37(35,51-39(26,28)47)16-24-23-18-40-17-19(3)11-12-27(40)36(8,45)29(23)30(42)32(38(24,31)46)50-34(44)21(5)10-2/h9,19,21,23-32,42,45-47H,10-18H2,1-8H3/b20-9-/t19-,21+,23-,24-,25+,26-,27-,28-,29+,30+,31+,32-,35-,36+,37+,38-,39+/m0/s1. The van der Waals surface area contributed by atoms with Crippen LogP contribution in [0.15, 0.2) is 11.6 Å². The van der Waals surface area contributed by atoms with Crippen molar-refractivity contribution in [3.8, 4) is 0 Å². The molecule has 4 saturated carbocycles. The second kappa shape index (κ2) is 12.2. The van der Waals surface area contributed by atoms with E-state index >= 15 is 0 Å². The van der Waals surface area contributed by atoms with Gasteiger partial charge in [-0.15, -0.1) is 0 Å². The maximum absolute atomic E-state index is 13.7. The fourth-order valence-electron chi connectivity index (χ4n) is 12.7. The highest BCUT2D eigenvalue weighted by molar-refractivity contribution is 5.87. The van der Waals surface area contributed by atoms with Gasteiger partial charge in [-0.25, -0.2) is 4.79 Å². The fourth-order valence-corrected chi connectivity index (χ4v) is 12.7. The van der Waals surface area contributed by atoms with Gasteiger partial charge in [-0.1, -0.05) is 33.8 Å². The monoisotopic (exact) mass is 717 g/mol. The summed E-state index contributed by atoms with van der Waals surface area (Å²) >= 11 is 0. The van der Waals surface area contributed by atoms with Crippen LogP contribution in [0.25, 0.3) is 0 Å². The summed E-state index contributed by atoms with van der Waals surface area (Å²) in [5.74, 6) is -7.33. The Morgan fingerprint density at radius 2 is 1.75 bits per heavy atom. The van der Waals surface area contributed by atoms with E-state index in [2.05, 4.69) is 11.8 Å². The molecular weight excluding hydrogens is 658 g/mol. The highest BCUT2D eigenvalue weighted by Gasteiger charge is 2.87. The largest absolute Gasteiger partial charge is 0.462 e. The molecule has 0 aromatic carbocycles. The normalized spacial score (nSPS) is 52.1.